The highest BCUT2D eigenvalue weighted by atomic mass is 35.5. The van der Waals surface area contributed by atoms with Crippen molar-refractivity contribution < 1.29 is 4.39 Å². The quantitative estimate of drug-likeness (QED) is 0.830. The highest BCUT2D eigenvalue weighted by Gasteiger charge is 2.11. The Morgan fingerprint density at radius 2 is 2.07 bits per heavy atom. The average molecular weight is 230 g/mol. The second-order valence-corrected chi connectivity index (χ2v) is 4.37. The molecule has 1 aromatic rings. The molecule has 0 amide bonds. The Labute approximate surface area is 95.6 Å². The van der Waals surface area contributed by atoms with Gasteiger partial charge in [-0.2, -0.15) is 0 Å². The van der Waals surface area contributed by atoms with E-state index in [9.17, 15) is 4.39 Å². The second-order valence-electron chi connectivity index (χ2n) is 3.96. The highest BCUT2D eigenvalue weighted by Crippen LogP contribution is 2.28. The number of nitrogens with one attached hydrogen (secondary N) is 1. The van der Waals surface area contributed by atoms with Gasteiger partial charge in [-0.3, -0.25) is 0 Å². The van der Waals surface area contributed by atoms with Crippen molar-refractivity contribution in [3.8, 4) is 0 Å². The van der Waals surface area contributed by atoms with Gasteiger partial charge in [0.25, 0.3) is 0 Å². The van der Waals surface area contributed by atoms with Crippen LogP contribution in [0.5, 0.6) is 0 Å². The van der Waals surface area contributed by atoms with E-state index in [0.717, 1.165) is 5.56 Å². The lowest BCUT2D eigenvalue weighted by atomic mass is 10.00. The largest absolute Gasteiger partial charge is 0.317 e. The molecule has 0 heterocycles. The number of hydrogen-bond acceptors (Lipinski definition) is 1. The zero-order chi connectivity index (χ0) is 11.4. The van der Waals surface area contributed by atoms with Crippen LogP contribution in [0, 0.1) is 0 Å². The van der Waals surface area contributed by atoms with E-state index in [-0.39, 0.29) is 0 Å². The number of benzene rings is 1. The molecule has 0 saturated heterocycles. The Kier molecular flexibility index (Phi) is 4.55. The first-order chi connectivity index (χ1) is 7.06. The van der Waals surface area contributed by atoms with Crippen molar-refractivity contribution in [1.82, 2.24) is 5.32 Å². The van der Waals surface area contributed by atoms with E-state index in [1.807, 2.05) is 12.1 Å². The molecule has 1 atom stereocenters. The summed E-state index contributed by atoms with van der Waals surface area (Å²) in [4.78, 5) is 0. The molecule has 1 nitrogen and oxygen atoms in total. The summed E-state index contributed by atoms with van der Waals surface area (Å²) in [6.07, 6.45) is -0.992. The number of likely N-dealkylation sites (N-methyl/N-ethyl adjacent to an activating group) is 1. The summed E-state index contributed by atoms with van der Waals surface area (Å²) >= 11 is 6.08. The smallest absolute Gasteiger partial charge is 0.138 e. The molecule has 1 unspecified atom stereocenters. The monoisotopic (exact) mass is 229 g/mol. The zero-order valence-electron chi connectivity index (χ0n) is 9.35. The van der Waals surface area contributed by atoms with Crippen molar-refractivity contribution in [2.75, 3.05) is 13.6 Å². The lowest BCUT2D eigenvalue weighted by molar-refractivity contribution is 0.335. The standard InChI is InChI=1S/C12H17ClFN/c1-8(2)10-5-4-9(6-11(10)13)12(14)7-15-3/h4-6,8,12,15H,7H2,1-3H3. The van der Waals surface area contributed by atoms with Gasteiger partial charge in [-0.1, -0.05) is 37.6 Å². The normalized spacial score (nSPS) is 13.2. The minimum Gasteiger partial charge on any atom is -0.317 e. The molecule has 0 spiro atoms. The fourth-order valence-corrected chi connectivity index (χ4v) is 1.91. The summed E-state index contributed by atoms with van der Waals surface area (Å²) in [5, 5.41) is 3.46. The van der Waals surface area contributed by atoms with E-state index >= 15 is 0 Å². The Bertz CT molecular complexity index is 325. The van der Waals surface area contributed by atoms with Crippen molar-refractivity contribution in [3.05, 3.63) is 34.3 Å². The predicted molar refractivity (Wildman–Crippen MR) is 63.3 cm³/mol. The lowest BCUT2D eigenvalue weighted by Crippen LogP contribution is -2.13. The van der Waals surface area contributed by atoms with Crippen LogP contribution >= 0.6 is 11.6 Å². The Hall–Kier alpha value is -0.600. The molecule has 1 rings (SSSR count). The minimum absolute atomic E-state index is 0.317. The van der Waals surface area contributed by atoms with Crippen LogP contribution in [-0.4, -0.2) is 13.6 Å². The van der Waals surface area contributed by atoms with E-state index in [4.69, 9.17) is 11.6 Å². The van der Waals surface area contributed by atoms with E-state index in [0.29, 0.717) is 23.0 Å². The van der Waals surface area contributed by atoms with Crippen molar-refractivity contribution in [2.45, 2.75) is 25.9 Å². The van der Waals surface area contributed by atoms with Gasteiger partial charge in [0, 0.05) is 11.6 Å². The van der Waals surface area contributed by atoms with Crippen molar-refractivity contribution in [3.63, 3.8) is 0 Å². The summed E-state index contributed by atoms with van der Waals surface area (Å²) in [6, 6.07) is 5.44. The molecule has 3 heteroatoms. The van der Waals surface area contributed by atoms with E-state index in [2.05, 4.69) is 19.2 Å². The fourth-order valence-electron chi connectivity index (χ4n) is 1.50. The summed E-state index contributed by atoms with van der Waals surface area (Å²) in [6.45, 7) is 4.46. The van der Waals surface area contributed by atoms with Gasteiger partial charge < -0.3 is 5.32 Å². The van der Waals surface area contributed by atoms with Gasteiger partial charge in [0.05, 0.1) is 0 Å². The maximum Gasteiger partial charge on any atom is 0.138 e. The summed E-state index contributed by atoms with van der Waals surface area (Å²) in [5.41, 5.74) is 1.70. The number of alkyl halides is 1. The van der Waals surface area contributed by atoms with Crippen LogP contribution in [0.2, 0.25) is 5.02 Å². The molecule has 0 bridgehead atoms. The predicted octanol–water partition coefficient (Wildman–Crippen LogP) is 3.69. The molecule has 1 aromatic carbocycles. The van der Waals surface area contributed by atoms with Crippen LogP contribution in [0.15, 0.2) is 18.2 Å². The first kappa shape index (κ1) is 12.5. The van der Waals surface area contributed by atoms with Gasteiger partial charge in [0.2, 0.25) is 0 Å². The third-order valence-corrected chi connectivity index (χ3v) is 2.72. The first-order valence-corrected chi connectivity index (χ1v) is 5.52. The van der Waals surface area contributed by atoms with E-state index in [1.54, 1.807) is 13.1 Å². The zero-order valence-corrected chi connectivity index (χ0v) is 10.1. The van der Waals surface area contributed by atoms with Crippen LogP contribution in [0.3, 0.4) is 0 Å². The first-order valence-electron chi connectivity index (χ1n) is 5.14. The van der Waals surface area contributed by atoms with Crippen molar-refractivity contribution in [2.24, 2.45) is 0 Å². The topological polar surface area (TPSA) is 12.0 Å². The van der Waals surface area contributed by atoms with Gasteiger partial charge in [-0.25, -0.2) is 4.39 Å². The van der Waals surface area contributed by atoms with Gasteiger partial charge in [0.15, 0.2) is 0 Å². The van der Waals surface area contributed by atoms with Crippen LogP contribution in [0.4, 0.5) is 4.39 Å². The summed E-state index contributed by atoms with van der Waals surface area (Å²) in [5.74, 6) is 0.369. The molecule has 0 saturated carbocycles. The molecule has 0 aliphatic rings. The average Bonchev–Trinajstić information content (AvgIpc) is 2.17. The molecule has 0 aliphatic carbocycles. The molecule has 1 N–H and O–H groups in total. The van der Waals surface area contributed by atoms with Crippen molar-refractivity contribution in [1.29, 1.82) is 0 Å². The van der Waals surface area contributed by atoms with Crippen LogP contribution in [0.1, 0.15) is 37.1 Å². The molecule has 0 radical (unpaired) electrons. The molecule has 84 valence electrons. The minimum atomic E-state index is -0.992. The molecular weight excluding hydrogens is 213 g/mol. The second kappa shape index (κ2) is 5.47. The Morgan fingerprint density at radius 3 is 2.53 bits per heavy atom. The fraction of sp³-hybridized carbons (Fsp3) is 0.500. The van der Waals surface area contributed by atoms with Crippen LogP contribution in [-0.2, 0) is 0 Å². The maximum absolute atomic E-state index is 13.5. The molecule has 0 aliphatic heterocycles. The lowest BCUT2D eigenvalue weighted by Gasteiger charge is -2.12. The van der Waals surface area contributed by atoms with Gasteiger partial charge in [-0.05, 0) is 30.2 Å². The third-order valence-electron chi connectivity index (χ3n) is 2.39. The third kappa shape index (κ3) is 3.18. The maximum atomic E-state index is 13.5. The molecule has 0 fully saturated rings. The van der Waals surface area contributed by atoms with Crippen molar-refractivity contribution >= 4 is 11.6 Å². The number of halogens is 2. The van der Waals surface area contributed by atoms with Crippen LogP contribution < -0.4 is 5.32 Å². The summed E-state index contributed by atoms with van der Waals surface area (Å²) < 4.78 is 13.5. The van der Waals surface area contributed by atoms with Crippen LogP contribution in [0.25, 0.3) is 0 Å². The van der Waals surface area contributed by atoms with Gasteiger partial charge in [0.1, 0.15) is 6.17 Å². The highest BCUT2D eigenvalue weighted by molar-refractivity contribution is 6.31. The SMILES string of the molecule is CNCC(F)c1ccc(C(C)C)c(Cl)c1. The van der Waals surface area contributed by atoms with Gasteiger partial charge in [-0.15, -0.1) is 0 Å². The van der Waals surface area contributed by atoms with E-state index in [1.165, 1.54) is 0 Å². The van der Waals surface area contributed by atoms with Gasteiger partial charge >= 0.3 is 0 Å². The Morgan fingerprint density at radius 1 is 1.40 bits per heavy atom. The number of hydrogen-bond donors (Lipinski definition) is 1. The summed E-state index contributed by atoms with van der Waals surface area (Å²) in [7, 11) is 1.73. The Balaban J connectivity index is 2.91. The molecule has 15 heavy (non-hydrogen) atoms. The number of rotatable bonds is 4. The molecular formula is C12H17ClFN. The van der Waals surface area contributed by atoms with E-state index < -0.39 is 6.17 Å². The molecule has 0 aromatic heterocycles.